The fraction of sp³-hybridized carbons (Fsp3) is 0.467. The SMILES string of the molecule is CN(Cc1cccc(C#CCO)c1)C1CCOC1. The van der Waals surface area contributed by atoms with Crippen molar-refractivity contribution in [3.8, 4) is 11.8 Å². The van der Waals surface area contributed by atoms with Crippen LogP contribution in [0.15, 0.2) is 24.3 Å². The van der Waals surface area contributed by atoms with Crippen LogP contribution >= 0.6 is 0 Å². The van der Waals surface area contributed by atoms with Crippen molar-refractivity contribution in [1.82, 2.24) is 4.90 Å². The molecule has 1 unspecified atom stereocenters. The van der Waals surface area contributed by atoms with Gasteiger partial charge in [0.25, 0.3) is 0 Å². The molecular formula is C15H19NO2. The number of ether oxygens (including phenoxy) is 1. The molecule has 96 valence electrons. The van der Waals surface area contributed by atoms with Gasteiger partial charge >= 0.3 is 0 Å². The third-order valence-electron chi connectivity index (χ3n) is 3.20. The highest BCUT2D eigenvalue weighted by Crippen LogP contribution is 2.14. The molecule has 0 aliphatic carbocycles. The summed E-state index contributed by atoms with van der Waals surface area (Å²) in [5.74, 6) is 5.61. The highest BCUT2D eigenvalue weighted by Gasteiger charge is 2.19. The lowest BCUT2D eigenvalue weighted by Gasteiger charge is -2.22. The van der Waals surface area contributed by atoms with Crippen LogP contribution in [0.4, 0.5) is 0 Å². The molecule has 1 N–H and O–H groups in total. The summed E-state index contributed by atoms with van der Waals surface area (Å²) in [5.41, 5.74) is 2.20. The van der Waals surface area contributed by atoms with E-state index in [9.17, 15) is 0 Å². The van der Waals surface area contributed by atoms with E-state index < -0.39 is 0 Å². The number of aliphatic hydroxyl groups is 1. The highest BCUT2D eigenvalue weighted by molar-refractivity contribution is 5.37. The third-order valence-corrected chi connectivity index (χ3v) is 3.20. The zero-order chi connectivity index (χ0) is 12.8. The molecule has 3 heteroatoms. The Bertz CT molecular complexity index is 441. The molecular weight excluding hydrogens is 226 g/mol. The summed E-state index contributed by atoms with van der Waals surface area (Å²) in [6, 6.07) is 8.68. The summed E-state index contributed by atoms with van der Waals surface area (Å²) in [6.07, 6.45) is 1.11. The summed E-state index contributed by atoms with van der Waals surface area (Å²) >= 11 is 0. The molecule has 18 heavy (non-hydrogen) atoms. The standard InChI is InChI=1S/C15H19NO2/c1-16(15-7-9-18-12-15)11-14-5-2-4-13(10-14)6-3-8-17/h2,4-5,10,15,17H,7-9,11-12H2,1H3. The number of aliphatic hydroxyl groups excluding tert-OH is 1. The molecule has 1 saturated heterocycles. The van der Waals surface area contributed by atoms with E-state index in [1.807, 2.05) is 12.1 Å². The topological polar surface area (TPSA) is 32.7 Å². The van der Waals surface area contributed by atoms with Crippen LogP contribution in [0.25, 0.3) is 0 Å². The van der Waals surface area contributed by atoms with Gasteiger partial charge in [0.2, 0.25) is 0 Å². The molecule has 0 amide bonds. The Morgan fingerprint density at radius 1 is 1.50 bits per heavy atom. The van der Waals surface area contributed by atoms with Crippen molar-refractivity contribution in [2.75, 3.05) is 26.9 Å². The predicted molar refractivity (Wildman–Crippen MR) is 71.1 cm³/mol. The van der Waals surface area contributed by atoms with Crippen molar-refractivity contribution in [2.45, 2.75) is 19.0 Å². The van der Waals surface area contributed by atoms with Crippen molar-refractivity contribution in [2.24, 2.45) is 0 Å². The number of likely N-dealkylation sites (N-methyl/N-ethyl adjacent to an activating group) is 1. The van der Waals surface area contributed by atoms with Crippen molar-refractivity contribution in [3.05, 3.63) is 35.4 Å². The monoisotopic (exact) mass is 245 g/mol. The minimum absolute atomic E-state index is 0.0937. The van der Waals surface area contributed by atoms with E-state index in [0.717, 1.165) is 31.7 Å². The Hall–Kier alpha value is -1.34. The summed E-state index contributed by atoms with van der Waals surface area (Å²) < 4.78 is 5.40. The lowest BCUT2D eigenvalue weighted by atomic mass is 10.1. The molecule has 0 aromatic heterocycles. The predicted octanol–water partition coefficient (Wildman–Crippen LogP) is 1.25. The molecule has 1 heterocycles. The fourth-order valence-electron chi connectivity index (χ4n) is 2.18. The van der Waals surface area contributed by atoms with Crippen LogP contribution in [-0.2, 0) is 11.3 Å². The van der Waals surface area contributed by atoms with Crippen LogP contribution in [0.5, 0.6) is 0 Å². The van der Waals surface area contributed by atoms with E-state index >= 15 is 0 Å². The van der Waals surface area contributed by atoms with Gasteiger partial charge in [0.1, 0.15) is 6.61 Å². The number of hydrogen-bond acceptors (Lipinski definition) is 3. The molecule has 0 spiro atoms. The van der Waals surface area contributed by atoms with Gasteiger partial charge in [-0.05, 0) is 31.2 Å². The molecule has 1 aliphatic rings. The summed E-state index contributed by atoms with van der Waals surface area (Å²) in [7, 11) is 2.13. The average molecular weight is 245 g/mol. The van der Waals surface area contributed by atoms with E-state index in [-0.39, 0.29) is 6.61 Å². The molecule has 0 saturated carbocycles. The lowest BCUT2D eigenvalue weighted by molar-refractivity contribution is 0.156. The minimum Gasteiger partial charge on any atom is -0.384 e. The Morgan fingerprint density at radius 2 is 2.39 bits per heavy atom. The van der Waals surface area contributed by atoms with Gasteiger partial charge in [-0.15, -0.1) is 0 Å². The van der Waals surface area contributed by atoms with Gasteiger partial charge in [-0.1, -0.05) is 24.0 Å². The van der Waals surface area contributed by atoms with Crippen LogP contribution in [0.2, 0.25) is 0 Å². The number of nitrogens with zero attached hydrogens (tertiary/aromatic N) is 1. The zero-order valence-electron chi connectivity index (χ0n) is 10.7. The maximum Gasteiger partial charge on any atom is 0.104 e. The molecule has 0 radical (unpaired) electrons. The first-order valence-corrected chi connectivity index (χ1v) is 6.26. The Balaban J connectivity index is 1.99. The van der Waals surface area contributed by atoms with Gasteiger partial charge in [0.05, 0.1) is 6.61 Å². The summed E-state index contributed by atoms with van der Waals surface area (Å²) in [6.45, 7) is 2.52. The van der Waals surface area contributed by atoms with Crippen LogP contribution in [0, 0.1) is 11.8 Å². The van der Waals surface area contributed by atoms with Gasteiger partial charge < -0.3 is 9.84 Å². The van der Waals surface area contributed by atoms with Gasteiger partial charge in [-0.2, -0.15) is 0 Å². The van der Waals surface area contributed by atoms with Crippen molar-refractivity contribution in [1.29, 1.82) is 0 Å². The second-order valence-corrected chi connectivity index (χ2v) is 4.59. The van der Waals surface area contributed by atoms with Crippen molar-refractivity contribution >= 4 is 0 Å². The van der Waals surface area contributed by atoms with E-state index in [0.29, 0.717) is 6.04 Å². The summed E-state index contributed by atoms with van der Waals surface area (Å²) in [4.78, 5) is 2.32. The van der Waals surface area contributed by atoms with Crippen LogP contribution in [-0.4, -0.2) is 42.9 Å². The lowest BCUT2D eigenvalue weighted by Crippen LogP contribution is -2.31. The number of benzene rings is 1. The quantitative estimate of drug-likeness (QED) is 0.814. The smallest absolute Gasteiger partial charge is 0.104 e. The Morgan fingerprint density at radius 3 is 3.11 bits per heavy atom. The van der Waals surface area contributed by atoms with Gasteiger partial charge in [-0.3, -0.25) is 4.90 Å². The normalized spacial score (nSPS) is 18.7. The number of rotatable bonds is 3. The largest absolute Gasteiger partial charge is 0.384 e. The first-order valence-electron chi connectivity index (χ1n) is 6.26. The average Bonchev–Trinajstić information content (AvgIpc) is 2.91. The van der Waals surface area contributed by atoms with E-state index in [1.165, 1.54) is 5.56 Å². The van der Waals surface area contributed by atoms with Crippen LogP contribution < -0.4 is 0 Å². The Labute approximate surface area is 108 Å². The van der Waals surface area contributed by atoms with Crippen molar-refractivity contribution < 1.29 is 9.84 Å². The van der Waals surface area contributed by atoms with Crippen molar-refractivity contribution in [3.63, 3.8) is 0 Å². The maximum atomic E-state index is 8.69. The molecule has 1 aromatic rings. The first kappa shape index (κ1) is 13.1. The van der Waals surface area contributed by atoms with Gasteiger partial charge in [0, 0.05) is 24.8 Å². The molecule has 0 bridgehead atoms. The molecule has 1 aromatic carbocycles. The van der Waals surface area contributed by atoms with Gasteiger partial charge in [0.15, 0.2) is 0 Å². The maximum absolute atomic E-state index is 8.69. The third kappa shape index (κ3) is 3.58. The first-order chi connectivity index (χ1) is 8.79. The Kier molecular flexibility index (Phi) is 4.77. The van der Waals surface area contributed by atoms with Gasteiger partial charge in [-0.25, -0.2) is 0 Å². The fourth-order valence-corrected chi connectivity index (χ4v) is 2.18. The zero-order valence-corrected chi connectivity index (χ0v) is 10.7. The van der Waals surface area contributed by atoms with Crippen LogP contribution in [0.3, 0.4) is 0 Å². The highest BCUT2D eigenvalue weighted by atomic mass is 16.5. The second kappa shape index (κ2) is 6.55. The molecule has 1 aliphatic heterocycles. The molecule has 1 fully saturated rings. The number of hydrogen-bond donors (Lipinski definition) is 1. The van der Waals surface area contributed by atoms with Crippen LogP contribution in [0.1, 0.15) is 17.5 Å². The van der Waals surface area contributed by atoms with E-state index in [1.54, 1.807) is 0 Å². The molecule has 1 atom stereocenters. The van der Waals surface area contributed by atoms with E-state index in [2.05, 4.69) is 35.9 Å². The second-order valence-electron chi connectivity index (χ2n) is 4.59. The molecule has 3 nitrogen and oxygen atoms in total. The van der Waals surface area contributed by atoms with E-state index in [4.69, 9.17) is 9.84 Å². The molecule has 2 rings (SSSR count). The minimum atomic E-state index is -0.0937. The summed E-state index contributed by atoms with van der Waals surface area (Å²) in [5, 5.41) is 8.69.